The van der Waals surface area contributed by atoms with Crippen molar-refractivity contribution in [1.82, 2.24) is 4.98 Å². The lowest BCUT2D eigenvalue weighted by atomic mass is 9.82. The second-order valence-electron chi connectivity index (χ2n) is 9.20. The summed E-state index contributed by atoms with van der Waals surface area (Å²) in [5, 5.41) is 0.385. The van der Waals surface area contributed by atoms with Crippen LogP contribution >= 0.6 is 50.6 Å². The Morgan fingerprint density at radius 3 is 2.58 bits per heavy atom. The molecule has 3 heterocycles. The number of fused-ring (bicyclic) bond motifs is 2. The number of carbonyl (C=O) groups is 2. The molecule has 6 nitrogen and oxygen atoms in total. The number of thiazole rings is 1. The van der Waals surface area contributed by atoms with Crippen LogP contribution in [-0.4, -0.2) is 22.0 Å². The molecule has 3 atom stereocenters. The number of rotatable bonds is 5. The third-order valence-electron chi connectivity index (χ3n) is 6.69. The van der Waals surface area contributed by atoms with Crippen LogP contribution in [0.1, 0.15) is 27.5 Å². The molecule has 6 rings (SSSR count). The molecule has 192 valence electrons. The minimum atomic E-state index is -0.727. The molecule has 2 aliphatic heterocycles. The molecule has 0 spiro atoms. The van der Waals surface area contributed by atoms with Gasteiger partial charge < -0.3 is 9.72 Å². The highest BCUT2D eigenvalue weighted by Gasteiger charge is 2.56. The number of H-pyrrole nitrogens is 1. The molecule has 3 aromatic carbocycles. The second kappa shape index (κ2) is 10.0. The maximum atomic E-state index is 14.0. The number of nitrogens with one attached hydrogen (secondary N) is 1. The second-order valence-corrected chi connectivity index (χ2v) is 12.7. The number of aryl methyl sites for hydroxylation is 1. The van der Waals surface area contributed by atoms with E-state index in [0.717, 1.165) is 26.9 Å². The highest BCUT2D eigenvalue weighted by molar-refractivity contribution is 9.10. The average Bonchev–Trinajstić information content (AvgIpc) is 3.38. The first-order chi connectivity index (χ1) is 18.3. The Morgan fingerprint density at radius 2 is 1.82 bits per heavy atom. The fourth-order valence-corrected chi connectivity index (χ4v) is 8.00. The number of nitrogens with zero attached hydrogens (tertiary/aromatic N) is 1. The summed E-state index contributed by atoms with van der Waals surface area (Å²) >= 11 is 12.2. The molecule has 1 N–H and O–H groups in total. The predicted octanol–water partition coefficient (Wildman–Crippen LogP) is 6.54. The maximum Gasteiger partial charge on any atom is 0.305 e. The van der Waals surface area contributed by atoms with Crippen LogP contribution < -0.4 is 14.5 Å². The molecule has 1 fully saturated rings. The summed E-state index contributed by atoms with van der Waals surface area (Å²) in [6.07, 6.45) is 0. The lowest BCUT2D eigenvalue weighted by Crippen LogP contribution is -2.32. The van der Waals surface area contributed by atoms with Crippen LogP contribution in [0.15, 0.2) is 81.0 Å². The van der Waals surface area contributed by atoms with Crippen molar-refractivity contribution in [3.05, 3.63) is 107 Å². The van der Waals surface area contributed by atoms with E-state index in [1.54, 1.807) is 42.5 Å². The number of amides is 2. The minimum absolute atomic E-state index is 0.235. The van der Waals surface area contributed by atoms with Gasteiger partial charge >= 0.3 is 4.87 Å². The van der Waals surface area contributed by atoms with E-state index in [9.17, 15) is 14.4 Å². The molecule has 38 heavy (non-hydrogen) atoms. The Balaban J connectivity index is 1.45. The number of imide groups is 1. The van der Waals surface area contributed by atoms with E-state index in [1.807, 2.05) is 31.2 Å². The van der Waals surface area contributed by atoms with Gasteiger partial charge in [-0.15, -0.1) is 0 Å². The molecule has 1 aromatic heterocycles. The number of hydrogen-bond acceptors (Lipinski definition) is 6. The molecule has 0 aliphatic carbocycles. The van der Waals surface area contributed by atoms with Gasteiger partial charge in [0.2, 0.25) is 11.8 Å². The van der Waals surface area contributed by atoms with E-state index < -0.39 is 17.1 Å². The monoisotopic (exact) mass is 626 g/mol. The lowest BCUT2D eigenvalue weighted by molar-refractivity contribution is -0.122. The quantitative estimate of drug-likeness (QED) is 0.255. The van der Waals surface area contributed by atoms with Crippen molar-refractivity contribution in [2.75, 3.05) is 4.90 Å². The number of carbonyl (C=O) groups excluding carboxylic acids is 2. The van der Waals surface area contributed by atoms with Gasteiger partial charge in [0.1, 0.15) is 17.6 Å². The Morgan fingerprint density at radius 1 is 1.03 bits per heavy atom. The van der Waals surface area contributed by atoms with Crippen LogP contribution in [0, 0.1) is 12.8 Å². The summed E-state index contributed by atoms with van der Waals surface area (Å²) in [6, 6.07) is 20.4. The van der Waals surface area contributed by atoms with E-state index in [1.165, 1.54) is 16.7 Å². The average molecular weight is 628 g/mol. The summed E-state index contributed by atoms with van der Waals surface area (Å²) in [7, 11) is 0. The van der Waals surface area contributed by atoms with Gasteiger partial charge in [-0.05, 0) is 55.0 Å². The first-order valence-corrected chi connectivity index (χ1v) is 14.7. The van der Waals surface area contributed by atoms with E-state index in [-0.39, 0.29) is 16.7 Å². The number of hydrogen-bond donors (Lipinski definition) is 1. The minimum Gasteiger partial charge on any atom is -0.489 e. The number of anilines is 1. The summed E-state index contributed by atoms with van der Waals surface area (Å²) in [6.45, 7) is 2.34. The van der Waals surface area contributed by atoms with Crippen LogP contribution in [0.4, 0.5) is 5.69 Å². The molecular formula is C28H20BrClN2O4S2. The van der Waals surface area contributed by atoms with E-state index in [0.29, 0.717) is 38.5 Å². The van der Waals surface area contributed by atoms with Gasteiger partial charge in [-0.1, -0.05) is 80.5 Å². The van der Waals surface area contributed by atoms with E-state index >= 15 is 0 Å². The molecule has 4 aromatic rings. The number of aromatic amines is 1. The number of thioether (sulfide) groups is 1. The SMILES string of the molecule is Cc1cccc(COc2ccc(Cl)cc2[C@@H]2c3sc(=O)[nH]c3S[C@H]3C(=O)N(c4ccc(Br)cc4)C(=O)[C@@H]23)c1. The molecule has 2 amide bonds. The standard InChI is InChI=1S/C28H20BrClN2O4S2/c1-14-3-2-4-15(11-14)13-36-20-10-7-17(30)12-19(20)21-22-24(37-25-23(21)38-28(35)31-25)27(34)32(26(22)33)18-8-5-16(29)6-9-18/h2-12,21-22,24H,13H2,1H3,(H,31,35)/t21-,22-,24+/m0/s1. The van der Waals surface area contributed by atoms with Gasteiger partial charge in [-0.3, -0.25) is 14.4 Å². The molecule has 2 aliphatic rings. The molecule has 0 saturated carbocycles. The third-order valence-corrected chi connectivity index (χ3v) is 9.86. The highest BCUT2D eigenvalue weighted by Crippen LogP contribution is 2.54. The first kappa shape index (κ1) is 25.4. The maximum absolute atomic E-state index is 14.0. The summed E-state index contributed by atoms with van der Waals surface area (Å²) in [5.74, 6) is -1.37. The first-order valence-electron chi connectivity index (χ1n) is 11.8. The predicted molar refractivity (Wildman–Crippen MR) is 154 cm³/mol. The van der Waals surface area contributed by atoms with Gasteiger partial charge in [0.15, 0.2) is 0 Å². The van der Waals surface area contributed by atoms with Crippen LogP contribution in [0.3, 0.4) is 0 Å². The zero-order valence-electron chi connectivity index (χ0n) is 19.9. The van der Waals surface area contributed by atoms with Crippen molar-refractivity contribution in [2.45, 2.75) is 29.7 Å². The number of halogens is 2. The van der Waals surface area contributed by atoms with Gasteiger partial charge in [0.25, 0.3) is 0 Å². The molecule has 0 bridgehead atoms. The van der Waals surface area contributed by atoms with Crippen molar-refractivity contribution in [2.24, 2.45) is 5.92 Å². The smallest absolute Gasteiger partial charge is 0.305 e. The van der Waals surface area contributed by atoms with Crippen LogP contribution in [-0.2, 0) is 16.2 Å². The fourth-order valence-electron chi connectivity index (χ4n) is 5.05. The van der Waals surface area contributed by atoms with Crippen molar-refractivity contribution < 1.29 is 14.3 Å². The molecule has 1 saturated heterocycles. The van der Waals surface area contributed by atoms with Crippen LogP contribution in [0.25, 0.3) is 0 Å². The normalized spacial score (nSPS) is 20.4. The summed E-state index contributed by atoms with van der Waals surface area (Å²) in [5.41, 5.74) is 3.31. The zero-order valence-corrected chi connectivity index (χ0v) is 23.9. The van der Waals surface area contributed by atoms with E-state index in [2.05, 4.69) is 20.9 Å². The number of benzene rings is 3. The number of ether oxygens (including phenoxy) is 1. The van der Waals surface area contributed by atoms with Crippen LogP contribution in [0.2, 0.25) is 5.02 Å². The lowest BCUT2D eigenvalue weighted by Gasteiger charge is -2.31. The van der Waals surface area contributed by atoms with Gasteiger partial charge in [-0.2, -0.15) is 0 Å². The van der Waals surface area contributed by atoms with Crippen molar-refractivity contribution in [1.29, 1.82) is 0 Å². The van der Waals surface area contributed by atoms with Crippen molar-refractivity contribution >= 4 is 68.1 Å². The topological polar surface area (TPSA) is 79.5 Å². The molecule has 0 unspecified atom stereocenters. The Hall–Kier alpha value is -2.85. The fraction of sp³-hybridized carbons (Fsp3) is 0.179. The largest absolute Gasteiger partial charge is 0.489 e. The Bertz CT molecular complexity index is 1630. The van der Waals surface area contributed by atoms with Gasteiger partial charge in [0, 0.05) is 25.9 Å². The Labute approximate surface area is 240 Å². The Kier molecular flexibility index (Phi) is 6.72. The summed E-state index contributed by atoms with van der Waals surface area (Å²) in [4.78, 5) is 44.7. The van der Waals surface area contributed by atoms with Gasteiger partial charge in [0.05, 0.1) is 16.6 Å². The number of aromatic nitrogens is 1. The van der Waals surface area contributed by atoms with Gasteiger partial charge in [-0.25, -0.2) is 4.90 Å². The third kappa shape index (κ3) is 4.51. The molecule has 10 heteroatoms. The molecular weight excluding hydrogens is 608 g/mol. The highest BCUT2D eigenvalue weighted by atomic mass is 79.9. The molecule has 0 radical (unpaired) electrons. The van der Waals surface area contributed by atoms with Crippen molar-refractivity contribution in [3.8, 4) is 5.75 Å². The summed E-state index contributed by atoms with van der Waals surface area (Å²) < 4.78 is 7.13. The van der Waals surface area contributed by atoms with Crippen LogP contribution in [0.5, 0.6) is 5.75 Å². The van der Waals surface area contributed by atoms with E-state index in [4.69, 9.17) is 16.3 Å². The van der Waals surface area contributed by atoms with Crippen molar-refractivity contribution in [3.63, 3.8) is 0 Å². The zero-order chi connectivity index (χ0) is 26.6.